The quantitative estimate of drug-likeness (QED) is 0.0608. The van der Waals surface area contributed by atoms with E-state index in [4.69, 9.17) is 27.5 Å². The minimum Gasteiger partial charge on any atom is -0.496 e. The van der Waals surface area contributed by atoms with Crippen LogP contribution in [0.25, 0.3) is 33.7 Å². The zero-order chi connectivity index (χ0) is 67.0. The normalized spacial score (nSPS) is 12.2. The number of carbonyl (C=O) groups is 2. The third kappa shape index (κ3) is 17.3. The number of likely N-dealkylation sites (N-methyl/N-ethyl adjacent to an activating group) is 4. The minimum absolute atomic E-state index is 0.211. The molecule has 444 valence electrons. The lowest BCUT2D eigenvalue weighted by Gasteiger charge is -2.25. The van der Waals surface area contributed by atoms with Crippen LogP contribution < -0.4 is 41.3 Å². The number of para-hydroxylation sites is 4. The Bertz CT molecular complexity index is 3910. The lowest BCUT2D eigenvalue weighted by molar-refractivity contribution is -0.112. The number of imidazole rings is 2. The number of aryl methyl sites for hydroxylation is 2. The van der Waals surface area contributed by atoms with E-state index in [0.717, 1.165) is 33.6 Å². The Morgan fingerprint density at radius 2 is 1.01 bits per heavy atom. The molecule has 25 heteroatoms. The molecule has 0 radical (unpaired) electrons. The summed E-state index contributed by atoms with van der Waals surface area (Å²) < 4.78 is 88.7. The summed E-state index contributed by atoms with van der Waals surface area (Å²) >= 11 is 0. The van der Waals surface area contributed by atoms with E-state index in [-0.39, 0.29) is 47.3 Å². The van der Waals surface area contributed by atoms with Crippen molar-refractivity contribution < 1.29 is 40.3 Å². The summed E-state index contributed by atoms with van der Waals surface area (Å²) in [7, 11) is 11.3. The van der Waals surface area contributed by atoms with Crippen LogP contribution in [0.15, 0.2) is 132 Å². The van der Waals surface area contributed by atoms with Gasteiger partial charge in [0.2, 0.25) is 11.8 Å². The van der Waals surface area contributed by atoms with Crippen LogP contribution in [0.2, 0.25) is 0 Å². The van der Waals surface area contributed by atoms with Crippen molar-refractivity contribution in [3.63, 3.8) is 0 Å². The summed E-state index contributed by atoms with van der Waals surface area (Å²) in [6, 6.07) is 25.5. The van der Waals surface area contributed by atoms with Gasteiger partial charge in [-0.3, -0.25) is 23.3 Å². The molecule has 0 aliphatic heterocycles. The largest absolute Gasteiger partial charge is 0.496 e. The Morgan fingerprint density at radius 1 is 0.667 bits per heavy atom. The first-order chi connectivity index (χ1) is 42.3. The first kappa shape index (κ1) is 56.4. The average Bonchev–Trinajstić information content (AvgIpc) is 1.60. The minimum atomic E-state index is -3.67. The molecule has 4 aromatic carbocycles. The number of nitrogens with one attached hydrogen (secondary N) is 2. The standard InChI is InChI=1S/2C28H33N7O3.C2H3N.CH4O3S/c2*1-7-27(36)30-20-16-19(24(38-6)18-23(20)33(4)15-14-32(2)3)17-25-29-13-12-26(31-25)35-22-11-9-8-10-21(22)34(5)28(35)37;1-2-3;1-5(2,3)4/h2*7-13,16,18H,1,14-15,17H2,2-6H3,(H,30,36);1H3;1H3,(H,2,3,4)/i2*5D3;;. The Kier molecular flexibility index (Phi) is 20.1. The molecule has 4 heterocycles. The van der Waals surface area contributed by atoms with Gasteiger partial charge in [0.15, 0.2) is 0 Å². The van der Waals surface area contributed by atoms with Crippen LogP contribution in [0.5, 0.6) is 11.5 Å². The van der Waals surface area contributed by atoms with Crippen LogP contribution in [0.1, 0.15) is 37.9 Å². The second kappa shape index (κ2) is 30.0. The Labute approximate surface area is 497 Å². The van der Waals surface area contributed by atoms with Crippen molar-refractivity contribution in [2.75, 3.05) is 109 Å². The van der Waals surface area contributed by atoms with Crippen molar-refractivity contribution in [3.05, 3.63) is 166 Å². The third-order valence-corrected chi connectivity index (χ3v) is 12.3. The molecule has 8 aromatic rings. The molecular weight excluding hydrogens is 1090 g/mol. The zero-order valence-corrected chi connectivity index (χ0v) is 49.3. The molecule has 0 saturated carbocycles. The summed E-state index contributed by atoms with van der Waals surface area (Å²) in [5.74, 6) is 1.63. The van der Waals surface area contributed by atoms with E-state index in [1.165, 1.54) is 40.6 Å². The first-order valence-electron chi connectivity index (χ1n) is 28.6. The van der Waals surface area contributed by atoms with E-state index in [2.05, 4.69) is 53.5 Å². The van der Waals surface area contributed by atoms with Crippen molar-refractivity contribution in [1.29, 1.82) is 5.26 Å². The number of anilines is 4. The van der Waals surface area contributed by atoms with E-state index < -0.39 is 35.4 Å². The van der Waals surface area contributed by atoms with Crippen molar-refractivity contribution in [3.8, 4) is 29.2 Å². The van der Waals surface area contributed by atoms with Gasteiger partial charge in [0.1, 0.15) is 34.8 Å². The van der Waals surface area contributed by atoms with Crippen LogP contribution in [-0.4, -0.2) is 162 Å². The van der Waals surface area contributed by atoms with Gasteiger partial charge in [-0.25, -0.2) is 38.7 Å². The highest BCUT2D eigenvalue weighted by molar-refractivity contribution is 7.85. The van der Waals surface area contributed by atoms with Gasteiger partial charge in [-0.2, -0.15) is 13.7 Å². The fourth-order valence-electron chi connectivity index (χ4n) is 8.30. The molecule has 0 aliphatic carbocycles. The number of aromatic nitrogens is 8. The summed E-state index contributed by atoms with van der Waals surface area (Å²) in [4.78, 5) is 77.4. The molecular formula is C59H73N15O9S. The second-order valence-corrected chi connectivity index (χ2v) is 20.5. The van der Waals surface area contributed by atoms with Gasteiger partial charge in [-0.05, 0) is 88.9 Å². The van der Waals surface area contributed by atoms with Crippen LogP contribution in [0.4, 0.5) is 22.7 Å². The van der Waals surface area contributed by atoms with E-state index in [0.29, 0.717) is 76.0 Å². The van der Waals surface area contributed by atoms with Gasteiger partial charge in [0.25, 0.3) is 10.1 Å². The van der Waals surface area contributed by atoms with Crippen LogP contribution in [0.3, 0.4) is 0 Å². The SMILES string of the molecule is CC#N.CS(=O)(=O)O.[2H]C([2H])([2H])n1c(=O)n(-c2ccnc(Cc3cc(NC(=O)C=C)c(N(C)CCN(C)C)cc3OC)n2)c2ccccc21.[2H]C([2H])([2H])n1c(=O)n(-c2ccnc(Cc3cc(NC(=O)C=C)c(N(C)CCN(C)C)cc3OC)n2)c2ccccc21. The molecule has 8 rings (SSSR count). The number of amides is 2. The number of carbonyl (C=O) groups excluding carboxylic acids is 2. The lowest BCUT2D eigenvalue weighted by atomic mass is 10.1. The van der Waals surface area contributed by atoms with Crippen LogP contribution in [-0.2, 0) is 46.5 Å². The number of methoxy groups -OCH3 is 2. The second-order valence-electron chi connectivity index (χ2n) is 19.1. The number of nitriles is 1. The smallest absolute Gasteiger partial charge is 0.334 e. The molecule has 2 amide bonds. The molecule has 24 nitrogen and oxygen atoms in total. The van der Waals surface area contributed by atoms with E-state index >= 15 is 0 Å². The fourth-order valence-corrected chi connectivity index (χ4v) is 8.30. The molecule has 0 fully saturated rings. The zero-order valence-electron chi connectivity index (χ0n) is 54.5. The topological polar surface area (TPSA) is 273 Å². The van der Waals surface area contributed by atoms with E-state index in [1.807, 2.05) is 76.4 Å². The van der Waals surface area contributed by atoms with Gasteiger partial charge in [-0.15, -0.1) is 0 Å². The molecule has 0 unspecified atom stereocenters. The highest BCUT2D eigenvalue weighted by atomic mass is 32.2. The number of fused-ring (bicyclic) bond motifs is 2. The molecule has 4 aromatic heterocycles. The van der Waals surface area contributed by atoms with Crippen molar-refractivity contribution in [2.24, 2.45) is 14.0 Å². The number of hydrogen-bond donors (Lipinski definition) is 3. The van der Waals surface area contributed by atoms with Gasteiger partial charge >= 0.3 is 11.4 Å². The predicted octanol–water partition coefficient (Wildman–Crippen LogP) is 5.72. The molecule has 3 N–H and O–H groups in total. The summed E-state index contributed by atoms with van der Waals surface area (Å²) in [6.45, 7) is 6.22. The van der Waals surface area contributed by atoms with Crippen molar-refractivity contribution in [2.45, 2.75) is 19.8 Å². The fraction of sp³-hybridized carbons (Fsp3) is 0.305. The van der Waals surface area contributed by atoms with Crippen molar-refractivity contribution in [1.82, 2.24) is 48.0 Å². The Morgan fingerprint density at radius 3 is 1.32 bits per heavy atom. The summed E-state index contributed by atoms with van der Waals surface area (Å²) in [5.41, 5.74) is 3.98. The molecule has 84 heavy (non-hydrogen) atoms. The number of hydrogen-bond acceptors (Lipinski definition) is 17. The third-order valence-electron chi connectivity index (χ3n) is 12.3. The Balaban J connectivity index is 0.000000292. The van der Waals surface area contributed by atoms with Gasteiger partial charge in [-0.1, -0.05) is 37.4 Å². The number of ether oxygens (including phenoxy) is 2. The van der Waals surface area contributed by atoms with Crippen LogP contribution >= 0.6 is 0 Å². The molecule has 0 spiro atoms. The van der Waals surface area contributed by atoms with Gasteiger partial charge in [0, 0.05) is 118 Å². The van der Waals surface area contributed by atoms with Gasteiger partial charge < -0.3 is 39.7 Å². The van der Waals surface area contributed by atoms with E-state index in [1.54, 1.807) is 81.0 Å². The number of nitrogens with zero attached hydrogens (tertiary/aromatic N) is 13. The maximum atomic E-state index is 13.3. The van der Waals surface area contributed by atoms with E-state index in [9.17, 15) is 27.6 Å². The first-order valence-corrected chi connectivity index (χ1v) is 27.5. The number of rotatable bonds is 20. The van der Waals surface area contributed by atoms with Gasteiger partial charge in [0.05, 0.1) is 71.4 Å². The van der Waals surface area contributed by atoms with Crippen molar-refractivity contribution >= 4 is 66.7 Å². The summed E-state index contributed by atoms with van der Waals surface area (Å²) in [5, 5.41) is 13.1. The molecule has 0 saturated heterocycles. The molecule has 0 bridgehead atoms. The Hall–Kier alpha value is -9.48. The monoisotopic (exact) mass is 1170 g/mol. The average molecular weight is 1170 g/mol. The molecule has 0 aliphatic rings. The number of benzene rings is 4. The lowest BCUT2D eigenvalue weighted by Crippen LogP contribution is -2.29. The highest BCUT2D eigenvalue weighted by Gasteiger charge is 2.21. The van der Waals surface area contributed by atoms with Crippen LogP contribution in [0, 0.1) is 11.3 Å². The molecule has 0 atom stereocenters. The highest BCUT2D eigenvalue weighted by Crippen LogP contribution is 2.36. The maximum Gasteiger partial charge on any atom is 0.334 e. The maximum absolute atomic E-state index is 13.3. The summed E-state index contributed by atoms with van der Waals surface area (Å²) in [6.07, 6.45) is 6.57. The predicted molar refractivity (Wildman–Crippen MR) is 330 cm³/mol.